The van der Waals surface area contributed by atoms with Gasteiger partial charge in [-0.05, 0) is 6.92 Å². The first-order valence-electron chi connectivity index (χ1n) is 3.67. The van der Waals surface area contributed by atoms with Crippen molar-refractivity contribution in [3.8, 4) is 0 Å². The van der Waals surface area contributed by atoms with E-state index in [1.807, 2.05) is 0 Å². The smallest absolute Gasteiger partial charge is 0.317 e. The van der Waals surface area contributed by atoms with E-state index in [2.05, 4.69) is 5.32 Å². The van der Waals surface area contributed by atoms with Crippen molar-refractivity contribution in [3.05, 3.63) is 0 Å². The van der Waals surface area contributed by atoms with Crippen LogP contribution in [0.2, 0.25) is 0 Å². The molecular formula is C6H17N3O4. The molecule has 0 aliphatic carbocycles. The Labute approximate surface area is 76.3 Å². The summed E-state index contributed by atoms with van der Waals surface area (Å²) >= 11 is 0. The van der Waals surface area contributed by atoms with Gasteiger partial charge in [0.15, 0.2) is 0 Å². The van der Waals surface area contributed by atoms with Gasteiger partial charge in [0.05, 0.1) is 6.54 Å². The first-order chi connectivity index (χ1) is 5.90. The molecule has 2 unspecified atom stereocenters. The summed E-state index contributed by atoms with van der Waals surface area (Å²) in [4.78, 5) is 9.73. The number of rotatable bonds is 4. The fourth-order valence-corrected chi connectivity index (χ4v) is 0.235. The number of nitrogens with two attached hydrogens (primary N) is 2. The summed E-state index contributed by atoms with van der Waals surface area (Å²) in [5, 5.41) is 26.7. The van der Waals surface area contributed by atoms with Crippen molar-refractivity contribution in [3.63, 3.8) is 0 Å². The Morgan fingerprint density at radius 2 is 1.92 bits per heavy atom. The van der Waals surface area contributed by atoms with Crippen LogP contribution >= 0.6 is 0 Å². The van der Waals surface area contributed by atoms with Crippen LogP contribution < -0.4 is 16.8 Å². The average Bonchev–Trinajstić information content (AvgIpc) is 2.02. The third kappa shape index (κ3) is 24.6. The van der Waals surface area contributed by atoms with Crippen LogP contribution in [-0.2, 0) is 4.79 Å². The molecule has 0 saturated heterocycles. The molecule has 7 heteroatoms. The normalized spacial score (nSPS) is 13.9. The quantitative estimate of drug-likeness (QED) is 0.266. The lowest BCUT2D eigenvalue weighted by Crippen LogP contribution is -2.30. The number of hydrogen-bond acceptors (Lipinski definition) is 6. The largest absolute Gasteiger partial charge is 0.480 e. The number of carboxylic acid groups (broad SMARTS) is 1. The van der Waals surface area contributed by atoms with Crippen molar-refractivity contribution in [2.24, 2.45) is 11.5 Å². The summed E-state index contributed by atoms with van der Waals surface area (Å²) in [6.45, 7) is 1.40. The SMILES string of the molecule is CC(O)NCC(=O)O.NCC(N)O. The first-order valence-corrected chi connectivity index (χ1v) is 3.67. The number of carboxylic acids is 1. The highest BCUT2D eigenvalue weighted by Gasteiger charge is 1.96. The van der Waals surface area contributed by atoms with Crippen molar-refractivity contribution in [2.45, 2.75) is 19.4 Å². The molecule has 13 heavy (non-hydrogen) atoms. The highest BCUT2D eigenvalue weighted by Crippen LogP contribution is 1.68. The summed E-state index contributed by atoms with van der Waals surface area (Å²) in [5.74, 6) is -0.967. The van der Waals surface area contributed by atoms with Crippen LogP contribution in [0.15, 0.2) is 0 Å². The van der Waals surface area contributed by atoms with Gasteiger partial charge in [0.2, 0.25) is 0 Å². The molecule has 80 valence electrons. The molecule has 8 N–H and O–H groups in total. The van der Waals surface area contributed by atoms with Crippen molar-refractivity contribution in [2.75, 3.05) is 13.1 Å². The van der Waals surface area contributed by atoms with Gasteiger partial charge in [0, 0.05) is 6.54 Å². The van der Waals surface area contributed by atoms with E-state index >= 15 is 0 Å². The molecular weight excluding hydrogens is 178 g/mol. The Hall–Kier alpha value is -0.730. The van der Waals surface area contributed by atoms with Crippen LogP contribution in [0.25, 0.3) is 0 Å². The highest BCUT2D eigenvalue weighted by atomic mass is 16.4. The van der Waals surface area contributed by atoms with Crippen LogP contribution in [-0.4, -0.2) is 46.8 Å². The van der Waals surface area contributed by atoms with Gasteiger partial charge >= 0.3 is 5.97 Å². The second-order valence-electron chi connectivity index (χ2n) is 2.25. The van der Waals surface area contributed by atoms with Gasteiger partial charge in [-0.3, -0.25) is 10.1 Å². The van der Waals surface area contributed by atoms with Gasteiger partial charge in [-0.15, -0.1) is 0 Å². The zero-order chi connectivity index (χ0) is 10.9. The maximum absolute atomic E-state index is 9.73. The van der Waals surface area contributed by atoms with Gasteiger partial charge in [0.1, 0.15) is 12.5 Å². The Kier molecular flexibility index (Phi) is 10.6. The van der Waals surface area contributed by atoms with E-state index in [-0.39, 0.29) is 13.1 Å². The Bertz CT molecular complexity index is 129. The van der Waals surface area contributed by atoms with Gasteiger partial charge in [-0.1, -0.05) is 0 Å². The molecule has 0 fully saturated rings. The second kappa shape index (κ2) is 9.36. The minimum Gasteiger partial charge on any atom is -0.480 e. The average molecular weight is 195 g/mol. The molecule has 0 aromatic heterocycles. The summed E-state index contributed by atoms with van der Waals surface area (Å²) in [5.41, 5.74) is 9.52. The van der Waals surface area contributed by atoms with Gasteiger partial charge in [-0.2, -0.15) is 0 Å². The molecule has 0 spiro atoms. The summed E-state index contributed by atoms with van der Waals surface area (Å²) in [6.07, 6.45) is -1.58. The summed E-state index contributed by atoms with van der Waals surface area (Å²) in [6, 6.07) is 0. The van der Waals surface area contributed by atoms with Crippen molar-refractivity contribution < 1.29 is 20.1 Å². The Balaban J connectivity index is 0. The Morgan fingerprint density at radius 3 is 2.00 bits per heavy atom. The molecule has 0 saturated carbocycles. The van der Waals surface area contributed by atoms with E-state index in [9.17, 15) is 4.79 Å². The fourth-order valence-electron chi connectivity index (χ4n) is 0.235. The monoisotopic (exact) mass is 195 g/mol. The van der Waals surface area contributed by atoms with Crippen LogP contribution in [0.4, 0.5) is 0 Å². The van der Waals surface area contributed by atoms with Crippen molar-refractivity contribution in [1.29, 1.82) is 0 Å². The van der Waals surface area contributed by atoms with Crippen molar-refractivity contribution >= 4 is 5.97 Å². The third-order valence-electron chi connectivity index (χ3n) is 0.790. The number of carbonyl (C=O) groups is 1. The molecule has 0 radical (unpaired) electrons. The molecule has 2 atom stereocenters. The minimum atomic E-state index is -0.967. The van der Waals surface area contributed by atoms with Crippen molar-refractivity contribution in [1.82, 2.24) is 5.32 Å². The van der Waals surface area contributed by atoms with Gasteiger partial charge in [-0.25, -0.2) is 0 Å². The zero-order valence-corrected chi connectivity index (χ0v) is 7.47. The predicted molar refractivity (Wildman–Crippen MR) is 46.6 cm³/mol. The van der Waals surface area contributed by atoms with E-state index in [1.165, 1.54) is 6.92 Å². The lowest BCUT2D eigenvalue weighted by Gasteiger charge is -2.01. The number of aliphatic carboxylic acids is 1. The molecule has 0 aromatic rings. The number of nitrogens with one attached hydrogen (secondary N) is 1. The molecule has 0 aliphatic rings. The summed E-state index contributed by atoms with van der Waals surface area (Å²) in [7, 11) is 0. The molecule has 0 rings (SSSR count). The van der Waals surface area contributed by atoms with Crippen LogP contribution in [0.1, 0.15) is 6.92 Å². The molecule has 0 amide bonds. The van der Waals surface area contributed by atoms with Gasteiger partial charge < -0.3 is 26.8 Å². The highest BCUT2D eigenvalue weighted by molar-refractivity contribution is 5.68. The van der Waals surface area contributed by atoms with E-state index < -0.39 is 18.4 Å². The van der Waals surface area contributed by atoms with E-state index in [1.54, 1.807) is 0 Å². The molecule has 7 nitrogen and oxygen atoms in total. The fraction of sp³-hybridized carbons (Fsp3) is 0.833. The number of hydrogen-bond donors (Lipinski definition) is 6. The summed E-state index contributed by atoms with van der Waals surface area (Å²) < 4.78 is 0. The minimum absolute atomic E-state index is 0.139. The van der Waals surface area contributed by atoms with E-state index in [0.29, 0.717) is 0 Å². The van der Waals surface area contributed by atoms with E-state index in [4.69, 9.17) is 26.8 Å². The standard InChI is InChI=1S/C4H9NO3.C2H8N2O/c1-3(6)5-2-4(7)8;3-1-2(4)5/h3,5-6H,2H2,1H3,(H,7,8);2,5H,1,3-4H2. The molecule has 0 bridgehead atoms. The number of aliphatic hydroxyl groups is 2. The molecule has 0 heterocycles. The Morgan fingerprint density at radius 1 is 1.54 bits per heavy atom. The molecule has 0 aromatic carbocycles. The van der Waals surface area contributed by atoms with Crippen LogP contribution in [0.5, 0.6) is 0 Å². The van der Waals surface area contributed by atoms with E-state index in [0.717, 1.165) is 0 Å². The van der Waals surface area contributed by atoms with Gasteiger partial charge in [0.25, 0.3) is 0 Å². The topological polar surface area (TPSA) is 142 Å². The molecule has 0 aliphatic heterocycles. The predicted octanol–water partition coefficient (Wildman–Crippen LogP) is -2.78. The zero-order valence-electron chi connectivity index (χ0n) is 7.47. The number of aliphatic hydroxyl groups excluding tert-OH is 2. The lowest BCUT2D eigenvalue weighted by atomic mass is 10.6. The third-order valence-corrected chi connectivity index (χ3v) is 0.790. The lowest BCUT2D eigenvalue weighted by molar-refractivity contribution is -0.136. The van der Waals surface area contributed by atoms with Crippen LogP contribution in [0, 0.1) is 0 Å². The van der Waals surface area contributed by atoms with Crippen LogP contribution in [0.3, 0.4) is 0 Å². The maximum atomic E-state index is 9.73. The maximum Gasteiger partial charge on any atom is 0.317 e. The second-order valence-corrected chi connectivity index (χ2v) is 2.25. The first kappa shape index (κ1) is 14.8.